The first-order valence-corrected chi connectivity index (χ1v) is 17.1. The smallest absolute Gasteiger partial charge is 0.355 e. The molecule has 5 aromatic rings. The second-order valence-electron chi connectivity index (χ2n) is 10.9. The number of nitrogens with one attached hydrogen (secondary N) is 2. The molecule has 248 valence electrons. The molecule has 0 saturated carbocycles. The first-order valence-electron chi connectivity index (χ1n) is 15.5. The zero-order valence-electron chi connectivity index (χ0n) is 26.3. The van der Waals surface area contributed by atoms with E-state index in [9.17, 15) is 19.4 Å². The number of carboxylic acids is 1. The zero-order valence-corrected chi connectivity index (χ0v) is 28.0. The summed E-state index contributed by atoms with van der Waals surface area (Å²) in [5.74, 6) is -0.281. The van der Waals surface area contributed by atoms with E-state index in [1.807, 2.05) is 55.3 Å². The minimum absolute atomic E-state index is 0.0342. The van der Waals surface area contributed by atoms with Crippen LogP contribution in [0.3, 0.4) is 0 Å². The Bertz CT molecular complexity index is 1770. The van der Waals surface area contributed by atoms with Gasteiger partial charge in [0, 0.05) is 18.0 Å². The van der Waals surface area contributed by atoms with Crippen LogP contribution in [0.5, 0.6) is 5.75 Å². The number of hydrogen-bond acceptors (Lipinski definition) is 12. The number of hydrogen-bond donors (Lipinski definition) is 4. The molecule has 0 unspecified atom stereocenters. The van der Waals surface area contributed by atoms with E-state index in [1.165, 1.54) is 28.7 Å². The summed E-state index contributed by atoms with van der Waals surface area (Å²) in [6.07, 6.45) is 3.75. The van der Waals surface area contributed by atoms with E-state index in [4.69, 9.17) is 4.74 Å². The van der Waals surface area contributed by atoms with Crippen LogP contribution >= 0.6 is 22.7 Å². The number of unbranched alkanes of at least 4 members (excludes halogenated alkanes) is 1. The Balaban J connectivity index is 1.28. The number of aliphatic hydroxyl groups is 1. The summed E-state index contributed by atoms with van der Waals surface area (Å²) < 4.78 is 21.4. The van der Waals surface area contributed by atoms with E-state index in [-0.39, 0.29) is 24.7 Å². The lowest BCUT2D eigenvalue weighted by Gasteiger charge is -2.21. The van der Waals surface area contributed by atoms with E-state index in [0.29, 0.717) is 59.0 Å². The number of aryl methyl sites for hydroxylation is 3. The SMILES string of the molecule is CNCCCc1ccc(OCCCc2sc(N(CCCCO)c3cc(C)c(Nc4nc5ccccc5s4)nn3)nc2C(=O)O)c(F)c1. The van der Waals surface area contributed by atoms with Gasteiger partial charge < -0.3 is 30.5 Å². The van der Waals surface area contributed by atoms with Gasteiger partial charge >= 0.3 is 5.97 Å². The number of halogens is 1. The number of rotatable bonds is 18. The van der Waals surface area contributed by atoms with E-state index in [0.717, 1.165) is 40.7 Å². The third kappa shape index (κ3) is 8.98. The summed E-state index contributed by atoms with van der Waals surface area (Å²) in [6.45, 7) is 3.48. The number of fused-ring (bicyclic) bond motifs is 1. The minimum atomic E-state index is -1.13. The number of ether oxygens (including phenoxy) is 1. The molecule has 0 aliphatic rings. The van der Waals surface area contributed by atoms with Gasteiger partial charge in [0.05, 0.1) is 16.8 Å². The van der Waals surface area contributed by atoms with Gasteiger partial charge in [-0.25, -0.2) is 19.2 Å². The third-order valence-corrected chi connectivity index (χ3v) is 9.46. The van der Waals surface area contributed by atoms with E-state index in [2.05, 4.69) is 30.8 Å². The van der Waals surface area contributed by atoms with E-state index >= 15 is 0 Å². The summed E-state index contributed by atoms with van der Waals surface area (Å²) >= 11 is 2.79. The van der Waals surface area contributed by atoms with Gasteiger partial charge in [0.25, 0.3) is 0 Å². The first kappa shape index (κ1) is 34.1. The Morgan fingerprint density at radius 2 is 1.87 bits per heavy atom. The van der Waals surface area contributed by atoms with Crippen LogP contribution in [0, 0.1) is 12.7 Å². The quantitative estimate of drug-likeness (QED) is 0.0753. The predicted octanol–water partition coefficient (Wildman–Crippen LogP) is 6.51. The Morgan fingerprint density at radius 1 is 1.02 bits per heavy atom. The Morgan fingerprint density at radius 3 is 2.62 bits per heavy atom. The average molecular weight is 680 g/mol. The number of aliphatic hydroxyl groups excluding tert-OH is 1. The minimum Gasteiger partial charge on any atom is -0.491 e. The fourth-order valence-electron chi connectivity index (χ4n) is 4.94. The highest BCUT2D eigenvalue weighted by Crippen LogP contribution is 2.34. The maximum Gasteiger partial charge on any atom is 0.355 e. The summed E-state index contributed by atoms with van der Waals surface area (Å²) in [7, 11) is 1.89. The molecule has 0 fully saturated rings. The van der Waals surface area contributed by atoms with Gasteiger partial charge in [0.1, 0.15) is 0 Å². The highest BCUT2D eigenvalue weighted by atomic mass is 32.1. The number of para-hydroxylation sites is 1. The van der Waals surface area contributed by atoms with Gasteiger partial charge in [-0.05, 0) is 100 Å². The van der Waals surface area contributed by atoms with Gasteiger partial charge in [-0.15, -0.1) is 21.5 Å². The number of nitrogens with zero attached hydrogens (tertiary/aromatic N) is 5. The van der Waals surface area contributed by atoms with Crippen LogP contribution in [0.1, 0.15) is 52.2 Å². The average Bonchev–Trinajstić information content (AvgIpc) is 3.67. The van der Waals surface area contributed by atoms with Crippen molar-refractivity contribution in [2.45, 2.75) is 45.4 Å². The van der Waals surface area contributed by atoms with Crippen molar-refractivity contribution >= 4 is 60.8 Å². The van der Waals surface area contributed by atoms with Gasteiger partial charge in [-0.1, -0.05) is 29.5 Å². The number of aromatic nitrogens is 4. The largest absolute Gasteiger partial charge is 0.491 e. The molecule has 2 aromatic carbocycles. The van der Waals surface area contributed by atoms with Crippen molar-refractivity contribution in [1.82, 2.24) is 25.5 Å². The van der Waals surface area contributed by atoms with Crippen LogP contribution in [0.25, 0.3) is 10.2 Å². The van der Waals surface area contributed by atoms with Crippen LogP contribution in [0.4, 0.5) is 26.3 Å². The highest BCUT2D eigenvalue weighted by molar-refractivity contribution is 7.22. The second-order valence-corrected chi connectivity index (χ2v) is 13.0. The molecule has 0 spiro atoms. The van der Waals surface area contributed by atoms with Crippen molar-refractivity contribution in [3.05, 3.63) is 76.0 Å². The Kier molecular flexibility index (Phi) is 12.0. The summed E-state index contributed by atoms with van der Waals surface area (Å²) in [4.78, 5) is 23.7. The van der Waals surface area contributed by atoms with Crippen molar-refractivity contribution in [3.8, 4) is 5.75 Å². The lowest BCUT2D eigenvalue weighted by atomic mass is 10.1. The molecule has 14 heteroatoms. The first-order chi connectivity index (χ1) is 22.9. The third-order valence-electron chi connectivity index (χ3n) is 7.37. The van der Waals surface area contributed by atoms with Crippen LogP contribution in [-0.4, -0.2) is 69.7 Å². The molecule has 0 bridgehead atoms. The van der Waals surface area contributed by atoms with E-state index < -0.39 is 11.8 Å². The maximum atomic E-state index is 14.6. The summed E-state index contributed by atoms with van der Waals surface area (Å²) in [5, 5.41) is 35.8. The molecule has 47 heavy (non-hydrogen) atoms. The molecule has 11 nitrogen and oxygen atoms in total. The number of carboxylic acid groups (broad SMARTS) is 1. The number of anilines is 4. The molecule has 0 aliphatic carbocycles. The number of thiazole rings is 2. The second kappa shape index (κ2) is 16.5. The van der Waals surface area contributed by atoms with Gasteiger partial charge in [0.15, 0.2) is 39.2 Å². The topological polar surface area (TPSA) is 146 Å². The van der Waals surface area contributed by atoms with Crippen molar-refractivity contribution in [1.29, 1.82) is 0 Å². The molecular weight excluding hydrogens is 642 g/mol. The fourth-order valence-corrected chi connectivity index (χ4v) is 6.93. The molecule has 0 radical (unpaired) electrons. The molecular formula is C33H38FN7O4S2. The molecule has 3 heterocycles. The molecule has 0 amide bonds. The summed E-state index contributed by atoms with van der Waals surface area (Å²) in [6, 6.07) is 14.8. The van der Waals surface area contributed by atoms with Crippen LogP contribution < -0.4 is 20.3 Å². The molecule has 0 saturated heterocycles. The number of aromatic carboxylic acids is 1. The molecule has 0 atom stereocenters. The van der Waals surface area contributed by atoms with Crippen LogP contribution in [0.15, 0.2) is 48.5 Å². The zero-order chi connectivity index (χ0) is 33.2. The van der Waals surface area contributed by atoms with E-state index in [1.54, 1.807) is 6.07 Å². The fraction of sp³-hybridized carbons (Fsp3) is 0.364. The Hall–Kier alpha value is -4.24. The van der Waals surface area contributed by atoms with Crippen molar-refractivity contribution in [3.63, 3.8) is 0 Å². The van der Waals surface area contributed by atoms with Gasteiger partial charge in [0.2, 0.25) is 0 Å². The Labute approximate surface area is 280 Å². The standard InChI is InChI=1S/C33H38FN7O4S2/c1-21-19-28(39-40-30(21)38-32-36-24-10-3-4-11-26(24)46-32)41(16-5-6-17-42)33-37-29(31(43)44)27(47-33)12-8-18-45-25-14-13-22(20-23(25)34)9-7-15-35-2/h3-4,10-11,13-14,19-20,35,42H,5-9,12,15-18H2,1-2H3,(H,43,44)(H,36,38,40). The maximum absolute atomic E-state index is 14.6. The van der Waals surface area contributed by atoms with Crippen molar-refractivity contribution in [2.24, 2.45) is 0 Å². The molecule has 0 aliphatic heterocycles. The van der Waals surface area contributed by atoms with Crippen molar-refractivity contribution < 1.29 is 24.1 Å². The summed E-state index contributed by atoms with van der Waals surface area (Å²) in [5.41, 5.74) is 2.60. The van der Waals surface area contributed by atoms with Gasteiger partial charge in [-0.3, -0.25) is 0 Å². The number of carbonyl (C=O) groups is 1. The van der Waals surface area contributed by atoms with Crippen molar-refractivity contribution in [2.75, 3.05) is 43.6 Å². The van der Waals surface area contributed by atoms with Gasteiger partial charge in [-0.2, -0.15) is 0 Å². The van der Waals surface area contributed by atoms with Crippen LogP contribution in [-0.2, 0) is 12.8 Å². The highest BCUT2D eigenvalue weighted by Gasteiger charge is 2.23. The van der Waals surface area contributed by atoms with Crippen LogP contribution in [0.2, 0.25) is 0 Å². The lowest BCUT2D eigenvalue weighted by molar-refractivity contribution is 0.0690. The number of benzene rings is 2. The lowest BCUT2D eigenvalue weighted by Crippen LogP contribution is -2.21. The molecule has 3 aromatic heterocycles. The monoisotopic (exact) mass is 679 g/mol. The predicted molar refractivity (Wildman–Crippen MR) is 185 cm³/mol. The normalized spacial score (nSPS) is 11.2. The molecule has 5 rings (SSSR count). The molecule has 4 N–H and O–H groups in total.